The molecule has 5 nitrogen and oxygen atoms in total. The lowest BCUT2D eigenvalue weighted by atomic mass is 10.1. The van der Waals surface area contributed by atoms with Gasteiger partial charge in [0.05, 0.1) is 26.2 Å². The van der Waals surface area contributed by atoms with Gasteiger partial charge in [0.25, 0.3) is 0 Å². The first-order chi connectivity index (χ1) is 18.5. The van der Waals surface area contributed by atoms with E-state index in [9.17, 15) is 4.79 Å². The second-order valence-corrected chi connectivity index (χ2v) is 17.5. The molecular weight excluding hydrogens is 502 g/mol. The van der Waals surface area contributed by atoms with Gasteiger partial charge in [0.2, 0.25) is 0 Å². The van der Waals surface area contributed by atoms with E-state index in [1.54, 1.807) is 0 Å². The van der Waals surface area contributed by atoms with Crippen molar-refractivity contribution in [1.29, 1.82) is 0 Å². The molecular formula is C33H65NO4Si. The zero-order valence-corrected chi connectivity index (χ0v) is 28.2. The van der Waals surface area contributed by atoms with Crippen molar-refractivity contribution in [1.82, 2.24) is 4.90 Å². The van der Waals surface area contributed by atoms with Gasteiger partial charge in [-0.15, -0.1) is 0 Å². The Morgan fingerprint density at radius 2 is 1.44 bits per heavy atom. The van der Waals surface area contributed by atoms with Crippen LogP contribution in [0.4, 0.5) is 0 Å². The van der Waals surface area contributed by atoms with E-state index in [4.69, 9.17) is 13.9 Å². The average Bonchev–Trinajstić information content (AvgIpc) is 2.86. The molecule has 0 aromatic carbocycles. The summed E-state index contributed by atoms with van der Waals surface area (Å²) < 4.78 is 17.9. The topological polar surface area (TPSA) is 48.0 Å². The van der Waals surface area contributed by atoms with Crippen LogP contribution in [0.25, 0.3) is 0 Å². The molecule has 6 heteroatoms. The fraction of sp³-hybridized carbons (Fsp3) is 0.848. The Balaban J connectivity index is 4.12. The average molecular weight is 568 g/mol. The van der Waals surface area contributed by atoms with Gasteiger partial charge in [-0.3, -0.25) is 4.79 Å². The molecule has 0 saturated carbocycles. The molecule has 0 aliphatic rings. The number of carbonyl (C=O) groups is 1. The lowest BCUT2D eigenvalue weighted by Crippen LogP contribution is -2.41. The highest BCUT2D eigenvalue weighted by Crippen LogP contribution is 2.36. The third-order valence-electron chi connectivity index (χ3n) is 7.59. The Bertz CT molecular complexity index is 640. The van der Waals surface area contributed by atoms with Crippen LogP contribution in [0.5, 0.6) is 0 Å². The van der Waals surface area contributed by atoms with Crippen molar-refractivity contribution in [3.63, 3.8) is 0 Å². The third kappa shape index (κ3) is 23.5. The molecule has 0 N–H and O–H groups in total. The molecule has 230 valence electrons. The first kappa shape index (κ1) is 38.0. The number of allylic oxidation sites excluding steroid dienone is 4. The van der Waals surface area contributed by atoms with E-state index in [1.807, 2.05) is 19.0 Å². The Morgan fingerprint density at radius 1 is 0.846 bits per heavy atom. The number of hydrogen-bond acceptors (Lipinski definition) is 5. The lowest BCUT2D eigenvalue weighted by Gasteiger charge is -2.36. The standard InChI is InChI=1S/C33H65NO4Si/c1-9-10-11-12-13-14-15-16-17-18-19-20-21-22-23-24-25-31(38-32(35)26-27-34(5)6)30-36-28-29-37-39(7,8)33(2,3)4/h13-14,16-17,31H,9-12,15,18-30H2,1-8H3/b14-13-,17-16-. The number of carbonyl (C=O) groups excluding carboxylic acids is 1. The van der Waals surface area contributed by atoms with E-state index in [2.05, 4.69) is 65.1 Å². The second kappa shape index (κ2) is 23.7. The number of esters is 1. The van der Waals surface area contributed by atoms with Gasteiger partial charge in [-0.2, -0.15) is 0 Å². The molecule has 0 fully saturated rings. The quantitative estimate of drug-likeness (QED) is 0.0476. The maximum atomic E-state index is 12.3. The van der Waals surface area contributed by atoms with Gasteiger partial charge < -0.3 is 18.8 Å². The van der Waals surface area contributed by atoms with E-state index >= 15 is 0 Å². The van der Waals surface area contributed by atoms with Gasteiger partial charge in [0, 0.05) is 6.54 Å². The summed E-state index contributed by atoms with van der Waals surface area (Å²) in [6, 6.07) is 0. The second-order valence-electron chi connectivity index (χ2n) is 12.7. The molecule has 0 aliphatic carbocycles. The molecule has 1 unspecified atom stereocenters. The summed E-state index contributed by atoms with van der Waals surface area (Å²) >= 11 is 0. The lowest BCUT2D eigenvalue weighted by molar-refractivity contribution is -0.153. The van der Waals surface area contributed by atoms with Crippen LogP contribution in [-0.2, 0) is 18.7 Å². The van der Waals surface area contributed by atoms with Crippen LogP contribution in [0.2, 0.25) is 18.1 Å². The van der Waals surface area contributed by atoms with Crippen LogP contribution < -0.4 is 0 Å². The van der Waals surface area contributed by atoms with Gasteiger partial charge in [0.15, 0.2) is 8.32 Å². The SMILES string of the molecule is CCCCC/C=C\C/C=C\CCCCCCCCC(COCCO[Si](C)(C)C(C)(C)C)OC(=O)CCN(C)C. The maximum Gasteiger partial charge on any atom is 0.307 e. The largest absolute Gasteiger partial charge is 0.460 e. The molecule has 1 atom stereocenters. The van der Waals surface area contributed by atoms with Crippen LogP contribution in [0.15, 0.2) is 24.3 Å². The summed E-state index contributed by atoms with van der Waals surface area (Å²) in [6.07, 6.45) is 25.1. The molecule has 0 amide bonds. The summed E-state index contributed by atoms with van der Waals surface area (Å²) in [5.74, 6) is -0.130. The van der Waals surface area contributed by atoms with Crippen LogP contribution in [0, 0.1) is 0 Å². The number of ether oxygens (including phenoxy) is 2. The van der Waals surface area contributed by atoms with Crippen molar-refractivity contribution in [3.8, 4) is 0 Å². The minimum atomic E-state index is -1.76. The fourth-order valence-electron chi connectivity index (χ4n) is 3.88. The molecule has 0 saturated heterocycles. The van der Waals surface area contributed by atoms with E-state index in [0.29, 0.717) is 32.8 Å². The highest BCUT2D eigenvalue weighted by molar-refractivity contribution is 6.74. The third-order valence-corrected chi connectivity index (χ3v) is 12.1. The Kier molecular flexibility index (Phi) is 23.1. The van der Waals surface area contributed by atoms with E-state index < -0.39 is 8.32 Å². The van der Waals surface area contributed by atoms with Crippen LogP contribution in [-0.4, -0.2) is 65.8 Å². The summed E-state index contributed by atoms with van der Waals surface area (Å²) in [5.41, 5.74) is 0. The maximum absolute atomic E-state index is 12.3. The Morgan fingerprint density at radius 3 is 2.03 bits per heavy atom. The van der Waals surface area contributed by atoms with E-state index in [1.165, 1.54) is 64.2 Å². The van der Waals surface area contributed by atoms with Crippen LogP contribution in [0.3, 0.4) is 0 Å². The Hall–Kier alpha value is -0.953. The summed E-state index contributed by atoms with van der Waals surface area (Å²) in [6.45, 7) is 15.8. The van der Waals surface area contributed by atoms with Gasteiger partial charge in [-0.25, -0.2) is 0 Å². The zero-order valence-electron chi connectivity index (χ0n) is 27.2. The molecule has 0 aliphatic heterocycles. The Labute approximate surface area is 244 Å². The minimum absolute atomic E-state index is 0.130. The predicted octanol–water partition coefficient (Wildman–Crippen LogP) is 9.09. The summed E-state index contributed by atoms with van der Waals surface area (Å²) in [4.78, 5) is 14.3. The van der Waals surface area contributed by atoms with E-state index in [-0.39, 0.29) is 17.1 Å². The summed E-state index contributed by atoms with van der Waals surface area (Å²) in [7, 11) is 2.18. The number of unbranched alkanes of at least 4 members (excludes halogenated alkanes) is 9. The predicted molar refractivity (Wildman–Crippen MR) is 171 cm³/mol. The van der Waals surface area contributed by atoms with Crippen molar-refractivity contribution >= 4 is 14.3 Å². The van der Waals surface area contributed by atoms with Crippen molar-refractivity contribution in [2.45, 2.75) is 142 Å². The van der Waals surface area contributed by atoms with Crippen molar-refractivity contribution < 1.29 is 18.7 Å². The smallest absolute Gasteiger partial charge is 0.307 e. The van der Waals surface area contributed by atoms with Crippen LogP contribution in [0.1, 0.15) is 118 Å². The molecule has 39 heavy (non-hydrogen) atoms. The fourth-order valence-corrected chi connectivity index (χ4v) is 4.91. The van der Waals surface area contributed by atoms with Crippen molar-refractivity contribution in [3.05, 3.63) is 24.3 Å². The van der Waals surface area contributed by atoms with Gasteiger partial charge >= 0.3 is 5.97 Å². The van der Waals surface area contributed by atoms with Gasteiger partial charge in [-0.05, 0) is 77.2 Å². The van der Waals surface area contributed by atoms with Crippen molar-refractivity contribution in [2.24, 2.45) is 0 Å². The summed E-state index contributed by atoms with van der Waals surface area (Å²) in [5, 5.41) is 0.193. The first-order valence-corrected chi connectivity index (χ1v) is 18.8. The van der Waals surface area contributed by atoms with Gasteiger partial charge in [0.1, 0.15) is 6.10 Å². The van der Waals surface area contributed by atoms with Crippen molar-refractivity contribution in [2.75, 3.05) is 40.5 Å². The van der Waals surface area contributed by atoms with Gasteiger partial charge in [-0.1, -0.05) is 90.5 Å². The first-order valence-electron chi connectivity index (χ1n) is 15.9. The highest BCUT2D eigenvalue weighted by Gasteiger charge is 2.36. The molecule has 0 spiro atoms. The molecule has 0 bridgehead atoms. The molecule has 0 rings (SSSR count). The monoisotopic (exact) mass is 567 g/mol. The van der Waals surface area contributed by atoms with E-state index in [0.717, 1.165) is 19.3 Å². The molecule has 0 heterocycles. The van der Waals surface area contributed by atoms with Crippen LogP contribution >= 0.6 is 0 Å². The number of rotatable bonds is 25. The molecule has 0 aromatic rings. The number of hydrogen-bond donors (Lipinski definition) is 0. The molecule has 0 aromatic heterocycles. The zero-order chi connectivity index (χ0) is 29.4. The minimum Gasteiger partial charge on any atom is -0.460 e. The normalized spacial score (nSPS) is 13.7. The highest BCUT2D eigenvalue weighted by atomic mass is 28.4. The molecule has 0 radical (unpaired) electrons. The number of nitrogens with zero attached hydrogens (tertiary/aromatic N) is 1.